The molecule has 154 valence electrons. The number of Topliss-reactive ketones (excluding diaryl/α,β-unsaturated/α-hetero) is 1. The van der Waals surface area contributed by atoms with Crippen LogP contribution < -0.4 is 4.90 Å². The molecule has 0 radical (unpaired) electrons. The van der Waals surface area contributed by atoms with E-state index in [4.69, 9.17) is 0 Å². The summed E-state index contributed by atoms with van der Waals surface area (Å²) < 4.78 is 0. The summed E-state index contributed by atoms with van der Waals surface area (Å²) in [7, 11) is 0. The number of ketones is 1. The maximum atomic E-state index is 13.0. The highest BCUT2D eigenvalue weighted by molar-refractivity contribution is 6.51. The van der Waals surface area contributed by atoms with Crippen molar-refractivity contribution in [2.45, 2.75) is 13.0 Å². The Morgan fingerprint density at radius 1 is 0.935 bits per heavy atom. The molecule has 3 aromatic rings. The molecule has 1 fully saturated rings. The lowest BCUT2D eigenvalue weighted by Gasteiger charge is -2.25. The number of carbonyl (C=O) groups excluding carboxylic acids is 2. The monoisotopic (exact) mass is 414 g/mol. The maximum absolute atomic E-state index is 13.0. The standard InChI is InChI=1S/C24H18N2O5/c1-15-7-9-17(10-8-15)22(27)20-21(16-11-13-19(14-12-16)26(30)31)25(24(29)23(20)28)18-5-3-2-4-6-18/h2-14,21,27H,1H3/b22-20+/t21-/m1/s1. The lowest BCUT2D eigenvalue weighted by Crippen LogP contribution is -2.29. The van der Waals surface area contributed by atoms with Gasteiger partial charge >= 0.3 is 0 Å². The lowest BCUT2D eigenvalue weighted by atomic mass is 9.94. The van der Waals surface area contributed by atoms with Gasteiger partial charge in [0.2, 0.25) is 0 Å². The van der Waals surface area contributed by atoms with Crippen molar-refractivity contribution in [3.05, 3.63) is 111 Å². The Labute approximate surface area is 178 Å². The van der Waals surface area contributed by atoms with Gasteiger partial charge in [0.25, 0.3) is 17.4 Å². The summed E-state index contributed by atoms with van der Waals surface area (Å²) in [4.78, 5) is 37.8. The van der Waals surface area contributed by atoms with Gasteiger partial charge < -0.3 is 5.11 Å². The molecule has 1 aliphatic heterocycles. The molecule has 7 nitrogen and oxygen atoms in total. The van der Waals surface area contributed by atoms with E-state index in [0.29, 0.717) is 16.8 Å². The highest BCUT2D eigenvalue weighted by Gasteiger charge is 2.47. The maximum Gasteiger partial charge on any atom is 0.300 e. The van der Waals surface area contributed by atoms with E-state index in [9.17, 15) is 24.8 Å². The predicted molar refractivity (Wildman–Crippen MR) is 116 cm³/mol. The molecule has 0 saturated carbocycles. The third-order valence-electron chi connectivity index (χ3n) is 5.22. The summed E-state index contributed by atoms with van der Waals surface area (Å²) >= 11 is 0. The van der Waals surface area contributed by atoms with Gasteiger partial charge in [0, 0.05) is 23.4 Å². The highest BCUT2D eigenvalue weighted by Crippen LogP contribution is 2.42. The number of aryl methyl sites for hydroxylation is 1. The van der Waals surface area contributed by atoms with E-state index in [1.807, 2.05) is 6.92 Å². The summed E-state index contributed by atoms with van der Waals surface area (Å²) in [5, 5.41) is 22.1. The zero-order valence-electron chi connectivity index (χ0n) is 16.6. The van der Waals surface area contributed by atoms with E-state index >= 15 is 0 Å². The number of nitrogens with zero attached hydrogens (tertiary/aromatic N) is 2. The van der Waals surface area contributed by atoms with Gasteiger partial charge in [-0.2, -0.15) is 0 Å². The number of benzene rings is 3. The average molecular weight is 414 g/mol. The smallest absolute Gasteiger partial charge is 0.300 e. The number of amides is 1. The van der Waals surface area contributed by atoms with Crippen LogP contribution in [0.5, 0.6) is 0 Å². The second-order valence-electron chi connectivity index (χ2n) is 7.22. The molecule has 1 atom stereocenters. The van der Waals surface area contributed by atoms with Crippen molar-refractivity contribution in [1.82, 2.24) is 0 Å². The van der Waals surface area contributed by atoms with Crippen LogP contribution in [-0.2, 0) is 9.59 Å². The van der Waals surface area contributed by atoms with E-state index in [2.05, 4.69) is 0 Å². The summed E-state index contributed by atoms with van der Waals surface area (Å²) in [6.07, 6.45) is 0. The molecule has 1 saturated heterocycles. The highest BCUT2D eigenvalue weighted by atomic mass is 16.6. The second-order valence-corrected chi connectivity index (χ2v) is 7.22. The molecule has 0 spiro atoms. The molecule has 1 N–H and O–H groups in total. The molecule has 1 aliphatic rings. The fourth-order valence-electron chi connectivity index (χ4n) is 3.65. The number of nitro benzene ring substituents is 1. The minimum absolute atomic E-state index is 0.0634. The van der Waals surface area contributed by atoms with Crippen molar-refractivity contribution in [1.29, 1.82) is 0 Å². The first kappa shape index (κ1) is 20.0. The van der Waals surface area contributed by atoms with Crippen molar-refractivity contribution in [2.75, 3.05) is 4.90 Å². The molecule has 3 aromatic carbocycles. The van der Waals surface area contributed by atoms with Crippen molar-refractivity contribution in [3.8, 4) is 0 Å². The molecule has 0 aromatic heterocycles. The van der Waals surface area contributed by atoms with E-state index < -0.39 is 22.7 Å². The molecule has 0 bridgehead atoms. The van der Waals surface area contributed by atoms with Gasteiger partial charge in [0.1, 0.15) is 5.76 Å². The second kappa shape index (κ2) is 7.87. The number of non-ortho nitro benzene ring substituents is 1. The Bertz CT molecular complexity index is 1200. The minimum atomic E-state index is -0.926. The first-order valence-corrected chi connectivity index (χ1v) is 9.56. The van der Waals surface area contributed by atoms with Crippen LogP contribution in [0.25, 0.3) is 5.76 Å². The van der Waals surface area contributed by atoms with Crippen LogP contribution in [-0.4, -0.2) is 21.7 Å². The number of hydrogen-bond acceptors (Lipinski definition) is 5. The van der Waals surface area contributed by atoms with Crippen LogP contribution in [0.4, 0.5) is 11.4 Å². The van der Waals surface area contributed by atoms with Gasteiger partial charge in [-0.1, -0.05) is 48.0 Å². The Morgan fingerprint density at radius 2 is 1.55 bits per heavy atom. The lowest BCUT2D eigenvalue weighted by molar-refractivity contribution is -0.384. The van der Waals surface area contributed by atoms with Gasteiger partial charge in [-0.15, -0.1) is 0 Å². The van der Waals surface area contributed by atoms with E-state index in [-0.39, 0.29) is 17.0 Å². The van der Waals surface area contributed by atoms with Crippen LogP contribution in [0.2, 0.25) is 0 Å². The van der Waals surface area contributed by atoms with Gasteiger partial charge in [-0.05, 0) is 36.8 Å². The van der Waals surface area contributed by atoms with Crippen LogP contribution in [0.3, 0.4) is 0 Å². The Morgan fingerprint density at radius 3 is 2.13 bits per heavy atom. The molecule has 0 unspecified atom stereocenters. The molecule has 0 aliphatic carbocycles. The molecular formula is C24H18N2O5. The Balaban J connectivity index is 1.92. The largest absolute Gasteiger partial charge is 0.507 e. The molecule has 7 heteroatoms. The normalized spacial score (nSPS) is 17.7. The van der Waals surface area contributed by atoms with Crippen LogP contribution in [0.15, 0.2) is 84.4 Å². The fraction of sp³-hybridized carbons (Fsp3) is 0.0833. The number of carbonyl (C=O) groups is 2. The summed E-state index contributed by atoms with van der Waals surface area (Å²) in [6, 6.07) is 20.3. The van der Waals surface area contributed by atoms with Crippen LogP contribution in [0.1, 0.15) is 22.7 Å². The first-order valence-electron chi connectivity index (χ1n) is 9.56. The number of nitro groups is 1. The van der Waals surface area contributed by atoms with Gasteiger partial charge in [0.05, 0.1) is 16.5 Å². The quantitative estimate of drug-likeness (QED) is 0.222. The molecular weight excluding hydrogens is 396 g/mol. The number of para-hydroxylation sites is 1. The summed E-state index contributed by atoms with van der Waals surface area (Å²) in [6.45, 7) is 1.90. The number of hydrogen-bond donors (Lipinski definition) is 1. The topological polar surface area (TPSA) is 101 Å². The number of rotatable bonds is 4. The van der Waals surface area contributed by atoms with Crippen molar-refractivity contribution in [2.24, 2.45) is 0 Å². The van der Waals surface area contributed by atoms with Gasteiger partial charge in [0.15, 0.2) is 0 Å². The minimum Gasteiger partial charge on any atom is -0.507 e. The number of anilines is 1. The van der Waals surface area contributed by atoms with E-state index in [1.165, 1.54) is 29.2 Å². The van der Waals surface area contributed by atoms with Crippen LogP contribution >= 0.6 is 0 Å². The summed E-state index contributed by atoms with van der Waals surface area (Å²) in [5.74, 6) is -1.88. The third kappa shape index (κ3) is 3.57. The Kier molecular flexibility index (Phi) is 5.09. The fourth-order valence-corrected chi connectivity index (χ4v) is 3.65. The zero-order valence-corrected chi connectivity index (χ0v) is 16.6. The average Bonchev–Trinajstić information content (AvgIpc) is 3.05. The van der Waals surface area contributed by atoms with Gasteiger partial charge in [-0.25, -0.2) is 0 Å². The van der Waals surface area contributed by atoms with Gasteiger partial charge in [-0.3, -0.25) is 24.6 Å². The summed E-state index contributed by atoms with van der Waals surface area (Å²) in [5.41, 5.74) is 2.17. The first-order chi connectivity index (χ1) is 14.9. The van der Waals surface area contributed by atoms with E-state index in [0.717, 1.165) is 5.56 Å². The van der Waals surface area contributed by atoms with Crippen molar-refractivity contribution < 1.29 is 19.6 Å². The van der Waals surface area contributed by atoms with Crippen molar-refractivity contribution in [3.63, 3.8) is 0 Å². The van der Waals surface area contributed by atoms with E-state index in [1.54, 1.807) is 54.6 Å². The number of aliphatic hydroxyl groups excluding tert-OH is 1. The molecule has 4 rings (SSSR count). The predicted octanol–water partition coefficient (Wildman–Crippen LogP) is 4.53. The molecule has 1 amide bonds. The zero-order chi connectivity index (χ0) is 22.1. The van der Waals surface area contributed by atoms with Crippen LogP contribution in [0, 0.1) is 17.0 Å². The third-order valence-corrected chi connectivity index (χ3v) is 5.22. The Hall–Kier alpha value is -4.26. The molecule has 1 heterocycles. The number of aliphatic hydroxyl groups is 1. The SMILES string of the molecule is Cc1ccc(/C(O)=C2\C(=O)C(=O)N(c3ccccc3)[C@@H]2c2ccc([N+](=O)[O-])cc2)cc1. The molecule has 31 heavy (non-hydrogen) atoms. The van der Waals surface area contributed by atoms with Crippen molar-refractivity contribution >= 4 is 28.8 Å².